The minimum Gasteiger partial charge on any atom is -0.493 e. The first-order valence-corrected chi connectivity index (χ1v) is 10.6. The van der Waals surface area contributed by atoms with Crippen LogP contribution < -0.4 is 14.8 Å². The maximum atomic E-state index is 12.6. The molecule has 2 aromatic rings. The molecule has 10 heteroatoms. The van der Waals surface area contributed by atoms with Gasteiger partial charge in [-0.1, -0.05) is 6.07 Å². The summed E-state index contributed by atoms with van der Waals surface area (Å²) in [5, 5.41) is 2.48. The van der Waals surface area contributed by atoms with Crippen molar-refractivity contribution in [2.24, 2.45) is 0 Å². The van der Waals surface area contributed by atoms with Gasteiger partial charge in [0.2, 0.25) is 5.09 Å². The molecule has 1 saturated heterocycles. The largest absolute Gasteiger partial charge is 0.493 e. The van der Waals surface area contributed by atoms with Crippen LogP contribution >= 0.6 is 0 Å². The zero-order valence-corrected chi connectivity index (χ0v) is 17.2. The number of morpholine rings is 1. The molecule has 0 spiro atoms. The number of benzene rings is 1. The van der Waals surface area contributed by atoms with E-state index in [9.17, 15) is 13.2 Å². The minimum atomic E-state index is -3.77. The van der Waals surface area contributed by atoms with Crippen LogP contribution in [0.1, 0.15) is 16.1 Å². The van der Waals surface area contributed by atoms with Gasteiger partial charge < -0.3 is 23.9 Å². The van der Waals surface area contributed by atoms with Crippen LogP contribution in [0.2, 0.25) is 0 Å². The molecule has 0 saturated carbocycles. The summed E-state index contributed by atoms with van der Waals surface area (Å²) in [4.78, 5) is 12.3. The number of ether oxygens (including phenoxy) is 3. The number of carbonyl (C=O) groups is 1. The lowest BCUT2D eigenvalue weighted by Crippen LogP contribution is -2.40. The topological polar surface area (TPSA) is 107 Å². The van der Waals surface area contributed by atoms with Crippen molar-refractivity contribution >= 4 is 15.9 Å². The van der Waals surface area contributed by atoms with Crippen molar-refractivity contribution in [2.75, 3.05) is 47.1 Å². The van der Waals surface area contributed by atoms with E-state index < -0.39 is 15.9 Å². The monoisotopic (exact) mass is 424 g/mol. The van der Waals surface area contributed by atoms with Gasteiger partial charge in [0.25, 0.3) is 15.9 Å². The lowest BCUT2D eigenvalue weighted by atomic mass is 10.1. The predicted molar refractivity (Wildman–Crippen MR) is 104 cm³/mol. The van der Waals surface area contributed by atoms with Crippen molar-refractivity contribution < 1.29 is 31.8 Å². The Bertz CT molecular complexity index is 949. The van der Waals surface area contributed by atoms with Crippen LogP contribution in [0, 0.1) is 0 Å². The highest BCUT2D eigenvalue weighted by molar-refractivity contribution is 7.89. The summed E-state index contributed by atoms with van der Waals surface area (Å²) in [7, 11) is -0.649. The predicted octanol–water partition coefficient (Wildman–Crippen LogP) is 1.29. The van der Waals surface area contributed by atoms with Gasteiger partial charge in [-0.05, 0) is 36.2 Å². The highest BCUT2D eigenvalue weighted by Gasteiger charge is 2.30. The van der Waals surface area contributed by atoms with Crippen molar-refractivity contribution in [3.05, 3.63) is 41.7 Å². The maximum absolute atomic E-state index is 12.6. The fourth-order valence-electron chi connectivity index (χ4n) is 2.94. The van der Waals surface area contributed by atoms with Crippen LogP contribution in [0.25, 0.3) is 0 Å². The Labute approximate surface area is 169 Å². The second-order valence-electron chi connectivity index (χ2n) is 6.33. The molecule has 158 valence electrons. The molecule has 0 aliphatic carbocycles. The van der Waals surface area contributed by atoms with Gasteiger partial charge in [-0.3, -0.25) is 4.79 Å². The van der Waals surface area contributed by atoms with E-state index in [0.717, 1.165) is 5.56 Å². The molecule has 1 aliphatic heterocycles. The summed E-state index contributed by atoms with van der Waals surface area (Å²) in [6, 6.07) is 8.18. The molecule has 0 atom stereocenters. The van der Waals surface area contributed by atoms with E-state index in [1.165, 1.54) is 16.4 Å². The summed E-state index contributed by atoms with van der Waals surface area (Å²) >= 11 is 0. The molecule has 1 N–H and O–H groups in total. The van der Waals surface area contributed by atoms with E-state index >= 15 is 0 Å². The van der Waals surface area contributed by atoms with Gasteiger partial charge in [-0.2, -0.15) is 4.31 Å². The Kier molecular flexibility index (Phi) is 6.78. The van der Waals surface area contributed by atoms with Crippen LogP contribution in [0.5, 0.6) is 11.5 Å². The Hall–Kier alpha value is -2.56. The highest BCUT2D eigenvalue weighted by atomic mass is 32.2. The Morgan fingerprint density at radius 3 is 2.52 bits per heavy atom. The second-order valence-corrected chi connectivity index (χ2v) is 8.20. The summed E-state index contributed by atoms with van der Waals surface area (Å²) in [6.07, 6.45) is 0.561. The standard InChI is InChI=1S/C19H24N2O7S/c1-25-15-4-3-14(13-17(15)26-2)7-8-20-19(22)16-5-6-18(28-16)29(23,24)21-9-11-27-12-10-21/h3-6,13H,7-12H2,1-2H3,(H,20,22). The molecule has 1 aromatic carbocycles. The first kappa shape index (κ1) is 21.2. The molecule has 29 heavy (non-hydrogen) atoms. The Morgan fingerprint density at radius 1 is 1.10 bits per heavy atom. The van der Waals surface area contributed by atoms with Gasteiger partial charge >= 0.3 is 0 Å². The number of hydrogen-bond acceptors (Lipinski definition) is 7. The average Bonchev–Trinajstić information content (AvgIpc) is 3.25. The third-order valence-corrected chi connectivity index (χ3v) is 6.29. The molecule has 1 aliphatic rings. The molecule has 0 bridgehead atoms. The van der Waals surface area contributed by atoms with E-state index in [1.54, 1.807) is 20.3 Å². The summed E-state index contributed by atoms with van der Waals surface area (Å²) in [5.74, 6) is 0.711. The van der Waals surface area contributed by atoms with E-state index in [4.69, 9.17) is 18.6 Å². The summed E-state index contributed by atoms with van der Waals surface area (Å²) in [6.45, 7) is 1.54. The van der Waals surface area contributed by atoms with Crippen molar-refractivity contribution in [1.29, 1.82) is 0 Å². The van der Waals surface area contributed by atoms with Gasteiger partial charge in [0.15, 0.2) is 17.3 Å². The average molecular weight is 424 g/mol. The smallest absolute Gasteiger partial charge is 0.287 e. The van der Waals surface area contributed by atoms with Gasteiger partial charge in [0.05, 0.1) is 27.4 Å². The number of hydrogen-bond donors (Lipinski definition) is 1. The Morgan fingerprint density at radius 2 is 1.83 bits per heavy atom. The van der Waals surface area contributed by atoms with Crippen LogP contribution in [-0.4, -0.2) is 65.7 Å². The van der Waals surface area contributed by atoms with Crippen molar-refractivity contribution in [2.45, 2.75) is 11.5 Å². The third kappa shape index (κ3) is 4.89. The van der Waals surface area contributed by atoms with Crippen molar-refractivity contribution in [1.82, 2.24) is 9.62 Å². The molecule has 1 aromatic heterocycles. The van der Waals surface area contributed by atoms with Gasteiger partial charge in [-0.25, -0.2) is 8.42 Å². The van der Waals surface area contributed by atoms with E-state index in [1.807, 2.05) is 12.1 Å². The second kappa shape index (κ2) is 9.29. The van der Waals surface area contributed by atoms with Crippen LogP contribution in [0.4, 0.5) is 0 Å². The summed E-state index contributed by atoms with van der Waals surface area (Å²) in [5.41, 5.74) is 0.956. The number of nitrogens with one attached hydrogen (secondary N) is 1. The quantitative estimate of drug-likeness (QED) is 0.680. The lowest BCUT2D eigenvalue weighted by molar-refractivity contribution is 0.0722. The number of methoxy groups -OCH3 is 2. The first-order valence-electron chi connectivity index (χ1n) is 9.12. The maximum Gasteiger partial charge on any atom is 0.287 e. The van der Waals surface area contributed by atoms with Crippen molar-refractivity contribution in [3.8, 4) is 11.5 Å². The fraction of sp³-hybridized carbons (Fsp3) is 0.421. The van der Waals surface area contributed by atoms with Gasteiger partial charge in [0, 0.05) is 19.6 Å². The number of nitrogens with zero attached hydrogens (tertiary/aromatic N) is 1. The Balaban J connectivity index is 1.58. The minimum absolute atomic E-state index is 0.0517. The third-order valence-electron chi connectivity index (χ3n) is 4.52. The number of sulfonamides is 1. The van der Waals surface area contributed by atoms with Crippen LogP contribution in [0.3, 0.4) is 0 Å². The molecule has 9 nitrogen and oxygen atoms in total. The number of rotatable bonds is 8. The molecule has 0 unspecified atom stereocenters. The first-order chi connectivity index (χ1) is 14.0. The molecular weight excluding hydrogens is 400 g/mol. The molecule has 0 radical (unpaired) electrons. The zero-order valence-electron chi connectivity index (χ0n) is 16.3. The zero-order chi connectivity index (χ0) is 20.9. The van der Waals surface area contributed by atoms with Gasteiger partial charge in [-0.15, -0.1) is 0 Å². The van der Waals surface area contributed by atoms with Crippen LogP contribution in [0.15, 0.2) is 39.8 Å². The van der Waals surface area contributed by atoms with E-state index in [-0.39, 0.29) is 23.9 Å². The molecule has 3 rings (SSSR count). The van der Waals surface area contributed by atoms with Crippen LogP contribution in [-0.2, 0) is 21.2 Å². The normalized spacial score (nSPS) is 15.1. The number of amides is 1. The SMILES string of the molecule is COc1ccc(CCNC(=O)c2ccc(S(=O)(=O)N3CCOCC3)o2)cc1OC. The molecular formula is C19H24N2O7S. The molecule has 1 amide bonds. The number of carbonyl (C=O) groups excluding carboxylic acids is 1. The summed E-state index contributed by atoms with van der Waals surface area (Å²) < 4.78 is 47.3. The molecule has 2 heterocycles. The molecule has 1 fully saturated rings. The highest BCUT2D eigenvalue weighted by Crippen LogP contribution is 2.27. The van der Waals surface area contributed by atoms with Crippen molar-refractivity contribution in [3.63, 3.8) is 0 Å². The fourth-order valence-corrected chi connectivity index (χ4v) is 4.26. The van der Waals surface area contributed by atoms with E-state index in [0.29, 0.717) is 37.7 Å². The lowest BCUT2D eigenvalue weighted by Gasteiger charge is -2.24. The van der Waals surface area contributed by atoms with Gasteiger partial charge in [0.1, 0.15) is 0 Å². The van der Waals surface area contributed by atoms with E-state index in [2.05, 4.69) is 5.32 Å². The number of furan rings is 1.